The minimum atomic E-state index is -1.03. The topological polar surface area (TPSA) is 35.5 Å². The van der Waals surface area contributed by atoms with Crippen LogP contribution >= 0.6 is 34.8 Å². The zero-order valence-corrected chi connectivity index (χ0v) is 12.8. The molecule has 1 saturated carbocycles. The monoisotopic (exact) mass is 322 g/mol. The summed E-state index contributed by atoms with van der Waals surface area (Å²) in [7, 11) is 1.54. The molecule has 1 aliphatic rings. The van der Waals surface area contributed by atoms with Gasteiger partial charge in [0, 0.05) is 17.0 Å². The van der Waals surface area contributed by atoms with E-state index >= 15 is 0 Å². The van der Waals surface area contributed by atoms with Crippen LogP contribution in [-0.4, -0.2) is 17.4 Å². The lowest BCUT2D eigenvalue weighted by Crippen LogP contribution is -2.21. The van der Waals surface area contributed by atoms with Crippen molar-refractivity contribution in [3.63, 3.8) is 0 Å². The van der Waals surface area contributed by atoms with E-state index in [2.05, 4.69) is 0 Å². The molecule has 0 radical (unpaired) electrons. The van der Waals surface area contributed by atoms with E-state index in [4.69, 9.17) is 44.3 Å². The van der Waals surface area contributed by atoms with E-state index in [0.29, 0.717) is 22.8 Å². The molecule has 3 nitrogen and oxygen atoms in total. The van der Waals surface area contributed by atoms with Gasteiger partial charge in [0.05, 0.1) is 7.11 Å². The van der Waals surface area contributed by atoms with Crippen molar-refractivity contribution in [2.45, 2.75) is 24.3 Å². The summed E-state index contributed by atoms with van der Waals surface area (Å²) >= 11 is 17.8. The highest BCUT2D eigenvalue weighted by molar-refractivity contribution is 6.53. The second-order valence-corrected chi connectivity index (χ2v) is 6.67. The lowest BCUT2D eigenvalue weighted by atomic mass is 10.1. The first kappa shape index (κ1) is 14.8. The third kappa shape index (κ3) is 2.78. The molecule has 0 heterocycles. The fourth-order valence-corrected chi connectivity index (χ4v) is 2.67. The second kappa shape index (κ2) is 5.04. The molecule has 1 fully saturated rings. The standard InChI is InChI=1S/C13H13Cl3O3/c1-12(7-13(12,15)16)11(17)19-6-8-5-9(14)3-4-10(8)18-2/h3-5H,6-7H2,1-2H3. The molecule has 0 N–H and O–H groups in total. The van der Waals surface area contributed by atoms with E-state index in [-0.39, 0.29) is 6.61 Å². The maximum absolute atomic E-state index is 11.9. The van der Waals surface area contributed by atoms with E-state index < -0.39 is 15.7 Å². The van der Waals surface area contributed by atoms with Gasteiger partial charge in [-0.2, -0.15) is 0 Å². The van der Waals surface area contributed by atoms with E-state index in [1.807, 2.05) is 0 Å². The molecule has 0 saturated heterocycles. The number of rotatable bonds is 4. The number of halogens is 3. The Morgan fingerprint density at radius 2 is 2.05 bits per heavy atom. The molecule has 1 atom stereocenters. The largest absolute Gasteiger partial charge is 0.496 e. The number of esters is 1. The zero-order valence-electron chi connectivity index (χ0n) is 10.5. The van der Waals surface area contributed by atoms with Crippen molar-refractivity contribution < 1.29 is 14.3 Å². The van der Waals surface area contributed by atoms with Gasteiger partial charge < -0.3 is 9.47 Å². The SMILES string of the molecule is COc1ccc(Cl)cc1COC(=O)C1(C)CC1(Cl)Cl. The highest BCUT2D eigenvalue weighted by atomic mass is 35.5. The van der Waals surface area contributed by atoms with Crippen LogP contribution in [0.15, 0.2) is 18.2 Å². The van der Waals surface area contributed by atoms with Crippen molar-refractivity contribution in [1.29, 1.82) is 0 Å². The summed E-state index contributed by atoms with van der Waals surface area (Å²) in [6.07, 6.45) is 0.397. The zero-order chi connectivity index (χ0) is 14.3. The van der Waals surface area contributed by atoms with Gasteiger partial charge in [-0.1, -0.05) is 11.6 Å². The van der Waals surface area contributed by atoms with Gasteiger partial charge in [-0.25, -0.2) is 0 Å². The molecule has 0 spiro atoms. The predicted octanol–water partition coefficient (Wildman–Crippen LogP) is 3.98. The Kier molecular flexibility index (Phi) is 3.92. The van der Waals surface area contributed by atoms with Crippen molar-refractivity contribution in [2.75, 3.05) is 7.11 Å². The third-order valence-corrected chi connectivity index (χ3v) is 4.65. The Labute approximate surface area is 126 Å². The molecule has 6 heteroatoms. The first-order valence-electron chi connectivity index (χ1n) is 5.67. The Balaban J connectivity index is 2.04. The summed E-state index contributed by atoms with van der Waals surface area (Å²) in [5.41, 5.74) is -0.135. The number of ether oxygens (including phenoxy) is 2. The molecular formula is C13H13Cl3O3. The number of hydrogen-bond donors (Lipinski definition) is 0. The van der Waals surface area contributed by atoms with E-state index in [0.717, 1.165) is 0 Å². The fourth-order valence-electron chi connectivity index (χ4n) is 1.78. The van der Waals surface area contributed by atoms with Crippen molar-refractivity contribution in [1.82, 2.24) is 0 Å². The number of carbonyl (C=O) groups excluding carboxylic acids is 1. The highest BCUT2D eigenvalue weighted by Crippen LogP contribution is 2.64. The van der Waals surface area contributed by atoms with Gasteiger partial charge in [0.15, 0.2) is 0 Å². The average Bonchev–Trinajstić information content (AvgIpc) is 2.87. The maximum atomic E-state index is 11.9. The van der Waals surface area contributed by atoms with Crippen molar-refractivity contribution in [3.05, 3.63) is 28.8 Å². The summed E-state index contributed by atoms with van der Waals surface area (Å²) in [4.78, 5) is 11.9. The average molecular weight is 324 g/mol. The van der Waals surface area contributed by atoms with Gasteiger partial charge in [-0.15, -0.1) is 23.2 Å². The van der Waals surface area contributed by atoms with Gasteiger partial charge in [-0.3, -0.25) is 4.79 Å². The summed E-state index contributed by atoms with van der Waals surface area (Å²) in [6, 6.07) is 5.12. The molecule has 0 aromatic heterocycles. The maximum Gasteiger partial charge on any atom is 0.315 e. The molecule has 104 valence electrons. The Bertz CT molecular complexity index is 516. The molecule has 0 bridgehead atoms. The van der Waals surface area contributed by atoms with Crippen LogP contribution in [0.4, 0.5) is 0 Å². The summed E-state index contributed by atoms with van der Waals surface area (Å²) in [5.74, 6) is 0.195. The van der Waals surface area contributed by atoms with E-state index in [1.165, 1.54) is 0 Å². The molecule has 1 unspecified atom stereocenters. The van der Waals surface area contributed by atoms with Gasteiger partial charge in [0.25, 0.3) is 0 Å². The van der Waals surface area contributed by atoms with Gasteiger partial charge >= 0.3 is 5.97 Å². The van der Waals surface area contributed by atoms with Crippen LogP contribution in [0.2, 0.25) is 5.02 Å². The fraction of sp³-hybridized carbons (Fsp3) is 0.462. The molecular weight excluding hydrogens is 310 g/mol. The van der Waals surface area contributed by atoms with Crippen LogP contribution in [-0.2, 0) is 16.1 Å². The second-order valence-electron chi connectivity index (χ2n) is 4.75. The Hall–Kier alpha value is -0.640. The van der Waals surface area contributed by atoms with Crippen molar-refractivity contribution in [3.8, 4) is 5.75 Å². The smallest absolute Gasteiger partial charge is 0.315 e. The van der Waals surface area contributed by atoms with E-state index in [9.17, 15) is 4.79 Å². The summed E-state index contributed by atoms with van der Waals surface area (Å²) < 4.78 is 9.39. The van der Waals surface area contributed by atoms with Gasteiger partial charge in [0.1, 0.15) is 22.1 Å². The lowest BCUT2D eigenvalue weighted by molar-refractivity contribution is -0.151. The van der Waals surface area contributed by atoms with Gasteiger partial charge in [-0.05, 0) is 25.1 Å². The lowest BCUT2D eigenvalue weighted by Gasteiger charge is -2.13. The van der Waals surface area contributed by atoms with Crippen LogP contribution in [0.25, 0.3) is 0 Å². The molecule has 19 heavy (non-hydrogen) atoms. The Morgan fingerprint density at radius 1 is 1.42 bits per heavy atom. The molecule has 1 aromatic rings. The normalized spacial score (nSPS) is 23.8. The molecule has 0 amide bonds. The molecule has 1 aromatic carbocycles. The summed E-state index contributed by atoms with van der Waals surface area (Å²) in [5, 5.41) is 0.550. The predicted molar refractivity (Wildman–Crippen MR) is 75.0 cm³/mol. The van der Waals surface area contributed by atoms with Crippen LogP contribution < -0.4 is 4.74 Å². The number of carbonyl (C=O) groups is 1. The van der Waals surface area contributed by atoms with Crippen LogP contribution in [0.1, 0.15) is 18.9 Å². The van der Waals surface area contributed by atoms with Crippen molar-refractivity contribution in [2.24, 2.45) is 5.41 Å². The van der Waals surface area contributed by atoms with Crippen molar-refractivity contribution >= 4 is 40.8 Å². The number of alkyl halides is 2. The number of hydrogen-bond acceptors (Lipinski definition) is 3. The number of methoxy groups -OCH3 is 1. The first-order chi connectivity index (χ1) is 8.80. The quantitative estimate of drug-likeness (QED) is 0.621. The van der Waals surface area contributed by atoms with Crippen LogP contribution in [0.3, 0.4) is 0 Å². The number of benzene rings is 1. The Morgan fingerprint density at radius 3 is 2.58 bits per heavy atom. The first-order valence-corrected chi connectivity index (χ1v) is 6.81. The molecule has 0 aliphatic heterocycles. The van der Waals surface area contributed by atoms with Crippen LogP contribution in [0.5, 0.6) is 5.75 Å². The highest BCUT2D eigenvalue weighted by Gasteiger charge is 2.69. The van der Waals surface area contributed by atoms with E-state index in [1.54, 1.807) is 32.2 Å². The summed E-state index contributed by atoms with van der Waals surface area (Å²) in [6.45, 7) is 1.76. The minimum Gasteiger partial charge on any atom is -0.496 e. The van der Waals surface area contributed by atoms with Gasteiger partial charge in [0.2, 0.25) is 0 Å². The minimum absolute atomic E-state index is 0.0714. The third-order valence-electron chi connectivity index (χ3n) is 3.31. The molecule has 1 aliphatic carbocycles. The molecule has 2 rings (SSSR count). The van der Waals surface area contributed by atoms with Crippen LogP contribution in [0, 0.1) is 5.41 Å².